The molecule has 0 spiro atoms. The summed E-state index contributed by atoms with van der Waals surface area (Å²) in [6, 6.07) is 6.52. The van der Waals surface area contributed by atoms with E-state index in [-0.39, 0.29) is 5.82 Å². The molecule has 0 aliphatic heterocycles. The highest BCUT2D eigenvalue weighted by molar-refractivity contribution is 7.99. The number of benzene rings is 1. The smallest absolute Gasteiger partial charge is 0.123 e. The van der Waals surface area contributed by atoms with E-state index in [0.29, 0.717) is 0 Å². The van der Waals surface area contributed by atoms with Gasteiger partial charge in [-0.25, -0.2) is 4.39 Å². The zero-order valence-corrected chi connectivity index (χ0v) is 11.5. The fraction of sp³-hybridized carbons (Fsp3) is 0.308. The minimum atomic E-state index is -0.212. The Morgan fingerprint density at radius 3 is 2.61 bits per heavy atom. The Balaban J connectivity index is 2.30. The van der Waals surface area contributed by atoms with Crippen LogP contribution < -0.4 is 5.32 Å². The Labute approximate surface area is 110 Å². The molecular weight excluding hydrogens is 249 g/mol. The minimum Gasteiger partial charge on any atom is -0.316 e. The molecule has 0 radical (unpaired) electrons. The summed E-state index contributed by atoms with van der Waals surface area (Å²) in [5.41, 5.74) is 2.21. The van der Waals surface area contributed by atoms with Crippen molar-refractivity contribution in [2.75, 3.05) is 7.05 Å². The number of nitrogens with one attached hydrogen (secondary N) is 1. The summed E-state index contributed by atoms with van der Waals surface area (Å²) in [6.45, 7) is 2.78. The Hall–Kier alpha value is -1.33. The average molecular weight is 265 g/mol. The molecule has 5 heteroatoms. The third-order valence-electron chi connectivity index (χ3n) is 2.67. The first kappa shape index (κ1) is 13.1. The van der Waals surface area contributed by atoms with Crippen LogP contribution >= 0.6 is 11.8 Å². The van der Waals surface area contributed by atoms with Gasteiger partial charge in [0.05, 0.1) is 5.69 Å². The van der Waals surface area contributed by atoms with E-state index in [2.05, 4.69) is 10.4 Å². The first-order valence-corrected chi connectivity index (χ1v) is 6.54. The number of nitrogens with zero attached hydrogens (tertiary/aromatic N) is 2. The molecule has 0 amide bonds. The lowest BCUT2D eigenvalue weighted by atomic mass is 10.3. The molecule has 0 fully saturated rings. The van der Waals surface area contributed by atoms with Crippen molar-refractivity contribution in [2.24, 2.45) is 7.05 Å². The zero-order chi connectivity index (χ0) is 13.1. The lowest BCUT2D eigenvalue weighted by Crippen LogP contribution is -2.06. The molecule has 18 heavy (non-hydrogen) atoms. The second-order valence-corrected chi connectivity index (χ2v) is 5.14. The topological polar surface area (TPSA) is 29.9 Å². The molecule has 2 rings (SSSR count). The second-order valence-electron chi connectivity index (χ2n) is 4.08. The average Bonchev–Trinajstić information content (AvgIpc) is 2.59. The van der Waals surface area contributed by atoms with Crippen molar-refractivity contribution in [1.82, 2.24) is 15.1 Å². The van der Waals surface area contributed by atoms with Crippen LogP contribution in [0.15, 0.2) is 34.2 Å². The molecule has 0 aliphatic carbocycles. The molecule has 0 unspecified atom stereocenters. The highest BCUT2D eigenvalue weighted by Crippen LogP contribution is 2.31. The molecule has 2 aromatic rings. The zero-order valence-electron chi connectivity index (χ0n) is 10.7. The van der Waals surface area contributed by atoms with Crippen LogP contribution in [0.1, 0.15) is 11.3 Å². The van der Waals surface area contributed by atoms with E-state index in [1.165, 1.54) is 17.7 Å². The number of rotatable bonds is 4. The minimum absolute atomic E-state index is 0.212. The van der Waals surface area contributed by atoms with E-state index in [9.17, 15) is 4.39 Å². The van der Waals surface area contributed by atoms with Gasteiger partial charge in [0.1, 0.15) is 10.8 Å². The van der Waals surface area contributed by atoms with Gasteiger partial charge >= 0.3 is 0 Å². The largest absolute Gasteiger partial charge is 0.316 e. The van der Waals surface area contributed by atoms with E-state index in [4.69, 9.17) is 0 Å². The summed E-state index contributed by atoms with van der Waals surface area (Å²) in [4.78, 5) is 1.01. The van der Waals surface area contributed by atoms with Gasteiger partial charge in [0.25, 0.3) is 0 Å². The van der Waals surface area contributed by atoms with Gasteiger partial charge < -0.3 is 5.32 Å². The quantitative estimate of drug-likeness (QED) is 0.922. The highest BCUT2D eigenvalue weighted by Gasteiger charge is 2.13. The van der Waals surface area contributed by atoms with Gasteiger partial charge in [-0.2, -0.15) is 5.10 Å². The van der Waals surface area contributed by atoms with Gasteiger partial charge in [0, 0.05) is 24.1 Å². The van der Waals surface area contributed by atoms with Crippen molar-refractivity contribution in [3.05, 3.63) is 41.3 Å². The van der Waals surface area contributed by atoms with Gasteiger partial charge in [-0.15, -0.1) is 0 Å². The molecule has 96 valence electrons. The van der Waals surface area contributed by atoms with E-state index >= 15 is 0 Å². The molecule has 0 atom stereocenters. The molecule has 0 bridgehead atoms. The van der Waals surface area contributed by atoms with E-state index in [1.54, 1.807) is 23.9 Å². The second kappa shape index (κ2) is 5.54. The lowest BCUT2D eigenvalue weighted by Gasteiger charge is -2.06. The standard InChI is InChI=1S/C13H16FN3S/c1-9-12(8-15-2)13(17(3)16-9)18-11-6-4-10(14)5-7-11/h4-7,15H,8H2,1-3H3. The third kappa shape index (κ3) is 2.73. The van der Waals surface area contributed by atoms with Gasteiger partial charge in [-0.1, -0.05) is 11.8 Å². The van der Waals surface area contributed by atoms with Crippen LogP contribution in [0.2, 0.25) is 0 Å². The first-order valence-electron chi connectivity index (χ1n) is 5.72. The highest BCUT2D eigenvalue weighted by atomic mass is 32.2. The maximum absolute atomic E-state index is 12.9. The molecule has 1 heterocycles. The summed E-state index contributed by atoms with van der Waals surface area (Å²) in [5.74, 6) is -0.212. The molecule has 1 aromatic heterocycles. The Morgan fingerprint density at radius 1 is 1.33 bits per heavy atom. The predicted octanol–water partition coefficient (Wildman–Crippen LogP) is 2.74. The lowest BCUT2D eigenvalue weighted by molar-refractivity contribution is 0.626. The third-order valence-corrected chi connectivity index (χ3v) is 3.88. The van der Waals surface area contributed by atoms with Crippen LogP contribution in [0.5, 0.6) is 0 Å². The van der Waals surface area contributed by atoms with Crippen LogP contribution in [-0.2, 0) is 13.6 Å². The summed E-state index contributed by atoms with van der Waals surface area (Å²) in [7, 11) is 3.84. The number of hydrogen-bond donors (Lipinski definition) is 1. The number of aryl methyl sites for hydroxylation is 2. The van der Waals surface area contributed by atoms with Crippen LogP contribution in [-0.4, -0.2) is 16.8 Å². The van der Waals surface area contributed by atoms with Crippen molar-refractivity contribution in [1.29, 1.82) is 0 Å². The molecular formula is C13H16FN3S. The van der Waals surface area contributed by atoms with Gasteiger partial charge in [-0.3, -0.25) is 4.68 Å². The molecule has 3 nitrogen and oxygen atoms in total. The van der Waals surface area contributed by atoms with Gasteiger partial charge in [0.15, 0.2) is 0 Å². The number of hydrogen-bond acceptors (Lipinski definition) is 3. The SMILES string of the molecule is CNCc1c(C)nn(C)c1Sc1ccc(F)cc1. The van der Waals surface area contributed by atoms with Crippen LogP contribution in [0.3, 0.4) is 0 Å². The fourth-order valence-electron chi connectivity index (χ4n) is 1.80. The number of halogens is 1. The molecule has 0 saturated heterocycles. The van der Waals surface area contributed by atoms with Crippen molar-refractivity contribution >= 4 is 11.8 Å². The maximum atomic E-state index is 12.9. The van der Waals surface area contributed by atoms with Crippen molar-refractivity contribution in [2.45, 2.75) is 23.4 Å². The molecule has 1 N–H and O–H groups in total. The Bertz CT molecular complexity index is 534. The summed E-state index contributed by atoms with van der Waals surface area (Å²) in [6.07, 6.45) is 0. The first-order chi connectivity index (χ1) is 8.61. The van der Waals surface area contributed by atoms with Crippen molar-refractivity contribution < 1.29 is 4.39 Å². The van der Waals surface area contributed by atoms with Crippen molar-refractivity contribution in [3.8, 4) is 0 Å². The van der Waals surface area contributed by atoms with E-state index < -0.39 is 0 Å². The number of aromatic nitrogens is 2. The maximum Gasteiger partial charge on any atom is 0.123 e. The Kier molecular flexibility index (Phi) is 4.04. The van der Waals surface area contributed by atoms with Crippen molar-refractivity contribution in [3.63, 3.8) is 0 Å². The summed E-state index contributed by atoms with van der Waals surface area (Å²) >= 11 is 1.60. The molecule has 0 aliphatic rings. The summed E-state index contributed by atoms with van der Waals surface area (Å²) < 4.78 is 14.7. The predicted molar refractivity (Wildman–Crippen MR) is 71.2 cm³/mol. The molecule has 0 saturated carbocycles. The fourth-order valence-corrected chi connectivity index (χ4v) is 2.81. The Morgan fingerprint density at radius 2 is 2.00 bits per heavy atom. The van der Waals surface area contributed by atoms with Crippen LogP contribution in [0.25, 0.3) is 0 Å². The monoisotopic (exact) mass is 265 g/mol. The van der Waals surface area contributed by atoms with E-state index in [0.717, 1.165) is 22.2 Å². The van der Waals surface area contributed by atoms with Gasteiger partial charge in [0.2, 0.25) is 0 Å². The normalized spacial score (nSPS) is 10.9. The summed E-state index contributed by atoms with van der Waals surface area (Å²) in [5, 5.41) is 8.66. The van der Waals surface area contributed by atoms with Crippen LogP contribution in [0, 0.1) is 12.7 Å². The van der Waals surface area contributed by atoms with Gasteiger partial charge in [-0.05, 0) is 38.2 Å². The van der Waals surface area contributed by atoms with E-state index in [1.807, 2.05) is 25.7 Å². The molecule has 1 aromatic carbocycles. The van der Waals surface area contributed by atoms with Crippen LogP contribution in [0.4, 0.5) is 4.39 Å².